The number of hydrogen-bond acceptors (Lipinski definition) is 5. The molecule has 0 radical (unpaired) electrons. The molecule has 0 saturated carbocycles. The first-order valence-corrected chi connectivity index (χ1v) is 9.27. The van der Waals surface area contributed by atoms with E-state index in [1.165, 1.54) is 0 Å². The van der Waals surface area contributed by atoms with Crippen molar-refractivity contribution in [2.24, 2.45) is 0 Å². The lowest BCUT2D eigenvalue weighted by Gasteiger charge is -1.96. The molecule has 0 spiro atoms. The van der Waals surface area contributed by atoms with Gasteiger partial charge >= 0.3 is 0 Å². The van der Waals surface area contributed by atoms with Gasteiger partial charge in [-0.1, -0.05) is 24.3 Å². The Kier molecular flexibility index (Phi) is 2.95. The van der Waals surface area contributed by atoms with Crippen molar-refractivity contribution in [1.82, 2.24) is 19.9 Å². The van der Waals surface area contributed by atoms with E-state index in [2.05, 4.69) is 19.9 Å². The Morgan fingerprint density at radius 2 is 1.41 bits per heavy atom. The summed E-state index contributed by atoms with van der Waals surface area (Å²) in [5, 5.41) is 0.251. The number of fused-ring (bicyclic) bond motifs is 2. The third-order valence-corrected chi connectivity index (χ3v) is 6.00. The van der Waals surface area contributed by atoms with E-state index < -0.39 is 8.87 Å². The van der Waals surface area contributed by atoms with Gasteiger partial charge < -0.3 is 9.97 Å². The molecule has 0 aliphatic carbocycles. The zero-order valence-electron chi connectivity index (χ0n) is 11.1. The van der Waals surface area contributed by atoms with Crippen molar-refractivity contribution in [3.8, 4) is 0 Å². The number of benzene rings is 2. The number of hydrogen-bond donors (Lipinski definition) is 2. The first kappa shape index (κ1) is 13.4. The highest BCUT2D eigenvalue weighted by atomic mass is 33.1. The molecular weight excluding hydrogens is 320 g/mol. The molecule has 110 valence electrons. The van der Waals surface area contributed by atoms with Crippen LogP contribution in [-0.2, 0) is 8.87 Å². The Morgan fingerprint density at radius 1 is 0.818 bits per heavy atom. The number of nitrogens with zero attached hydrogens (tertiary/aromatic N) is 2. The van der Waals surface area contributed by atoms with Crippen LogP contribution < -0.4 is 0 Å². The van der Waals surface area contributed by atoms with Gasteiger partial charge in [-0.3, -0.25) is 0 Å². The lowest BCUT2D eigenvalue weighted by atomic mass is 10.3. The van der Waals surface area contributed by atoms with Crippen molar-refractivity contribution in [3.63, 3.8) is 0 Å². The molecule has 4 aromatic rings. The largest absolute Gasteiger partial charge is 0.332 e. The zero-order chi connectivity index (χ0) is 15.2. The van der Waals surface area contributed by atoms with E-state index in [-0.39, 0.29) is 5.16 Å². The average molecular weight is 330 g/mol. The molecule has 0 saturated heterocycles. The first-order chi connectivity index (χ1) is 10.6. The van der Waals surface area contributed by atoms with Crippen molar-refractivity contribution < 1.29 is 8.42 Å². The van der Waals surface area contributed by atoms with Crippen LogP contribution in [0.5, 0.6) is 0 Å². The molecule has 0 amide bonds. The van der Waals surface area contributed by atoms with E-state index in [1.807, 2.05) is 36.4 Å². The molecule has 0 atom stereocenters. The Balaban J connectivity index is 1.73. The van der Waals surface area contributed by atoms with Gasteiger partial charge in [0, 0.05) is 0 Å². The fourth-order valence-corrected chi connectivity index (χ4v) is 4.51. The zero-order valence-corrected chi connectivity index (χ0v) is 12.8. The number of H-pyrrole nitrogens is 2. The van der Waals surface area contributed by atoms with Crippen LogP contribution in [0.1, 0.15) is 0 Å². The number of para-hydroxylation sites is 4. The van der Waals surface area contributed by atoms with Gasteiger partial charge in [0.1, 0.15) is 0 Å². The van der Waals surface area contributed by atoms with Crippen LogP contribution in [0.4, 0.5) is 0 Å². The average Bonchev–Trinajstić information content (AvgIpc) is 3.09. The predicted octanol–water partition coefficient (Wildman–Crippen LogP) is 2.92. The minimum absolute atomic E-state index is 0.0702. The third-order valence-electron chi connectivity index (χ3n) is 3.16. The molecule has 2 aromatic heterocycles. The quantitative estimate of drug-likeness (QED) is 0.564. The Hall–Kier alpha value is -2.32. The van der Waals surface area contributed by atoms with Crippen LogP contribution >= 0.6 is 10.8 Å². The monoisotopic (exact) mass is 330 g/mol. The van der Waals surface area contributed by atoms with Crippen LogP contribution in [0.2, 0.25) is 0 Å². The van der Waals surface area contributed by atoms with E-state index in [1.54, 1.807) is 12.1 Å². The normalized spacial score (nSPS) is 12.2. The Morgan fingerprint density at radius 3 is 2.05 bits per heavy atom. The molecule has 0 fully saturated rings. The fourth-order valence-electron chi connectivity index (χ4n) is 2.16. The first-order valence-electron chi connectivity index (χ1n) is 6.46. The van der Waals surface area contributed by atoms with Crippen molar-refractivity contribution in [2.75, 3.05) is 0 Å². The molecule has 2 N–H and O–H groups in total. The van der Waals surface area contributed by atoms with Gasteiger partial charge in [0.25, 0.3) is 8.87 Å². The summed E-state index contributed by atoms with van der Waals surface area (Å²) in [5.41, 5.74) is 2.83. The van der Waals surface area contributed by atoms with Crippen LogP contribution in [0, 0.1) is 0 Å². The summed E-state index contributed by atoms with van der Waals surface area (Å²) in [6.07, 6.45) is 0. The van der Waals surface area contributed by atoms with Crippen LogP contribution in [0.15, 0.2) is 58.8 Å². The van der Waals surface area contributed by atoms with Gasteiger partial charge in [0.2, 0.25) is 5.16 Å². The summed E-state index contributed by atoms with van der Waals surface area (Å²) in [5.74, 6) is 0. The number of imidazole rings is 2. The van der Waals surface area contributed by atoms with Crippen molar-refractivity contribution in [2.45, 2.75) is 10.3 Å². The summed E-state index contributed by atoms with van der Waals surface area (Å²) in [4.78, 5) is 14.2. The van der Waals surface area contributed by atoms with Crippen molar-refractivity contribution in [3.05, 3.63) is 48.5 Å². The summed E-state index contributed by atoms with van der Waals surface area (Å²) in [7, 11) is -3.01. The van der Waals surface area contributed by atoms with Crippen LogP contribution in [-0.4, -0.2) is 28.4 Å². The maximum Gasteiger partial charge on any atom is 0.270 e. The van der Waals surface area contributed by atoms with Crippen LogP contribution in [0.25, 0.3) is 22.1 Å². The SMILES string of the molecule is O=S(=O)(Sc1nc2ccccc2[nH]1)c1nc2ccccc2[nH]1. The second-order valence-corrected chi connectivity index (χ2v) is 8.32. The molecule has 2 heterocycles. The van der Waals surface area contributed by atoms with E-state index in [0.29, 0.717) is 27.0 Å². The lowest BCUT2D eigenvalue weighted by Crippen LogP contribution is -1.98. The maximum absolute atomic E-state index is 12.5. The number of aromatic amines is 2. The van der Waals surface area contributed by atoms with Gasteiger partial charge in [-0.25, -0.2) is 18.4 Å². The maximum atomic E-state index is 12.5. The molecule has 0 bridgehead atoms. The number of aromatic nitrogens is 4. The van der Waals surface area contributed by atoms with Crippen molar-refractivity contribution in [1.29, 1.82) is 0 Å². The third kappa shape index (κ3) is 2.26. The number of nitrogens with one attached hydrogen (secondary N) is 2. The van der Waals surface area contributed by atoms with Gasteiger partial charge in [-0.15, -0.1) is 0 Å². The standard InChI is InChI=1S/C14H10N4O2S2/c19-22(20,14-17-11-7-3-4-8-12(11)18-14)21-13-15-9-5-1-2-6-10(9)16-13/h1-8H,(H,15,16)(H,17,18). The van der Waals surface area contributed by atoms with Gasteiger partial charge in [-0.05, 0) is 24.3 Å². The highest BCUT2D eigenvalue weighted by molar-refractivity contribution is 8.71. The predicted molar refractivity (Wildman–Crippen MR) is 85.2 cm³/mol. The van der Waals surface area contributed by atoms with Gasteiger partial charge in [0.05, 0.1) is 32.9 Å². The number of rotatable bonds is 3. The second kappa shape index (κ2) is 4.85. The van der Waals surface area contributed by atoms with E-state index in [9.17, 15) is 8.42 Å². The second-order valence-electron chi connectivity index (χ2n) is 4.66. The molecule has 6 nitrogen and oxygen atoms in total. The fraction of sp³-hybridized carbons (Fsp3) is 0. The van der Waals surface area contributed by atoms with Crippen LogP contribution in [0.3, 0.4) is 0 Å². The molecule has 0 aliphatic heterocycles. The molecular formula is C14H10N4O2S2. The van der Waals surface area contributed by atoms with Gasteiger partial charge in [0.15, 0.2) is 5.16 Å². The minimum Gasteiger partial charge on any atom is -0.332 e. The highest BCUT2D eigenvalue weighted by Gasteiger charge is 2.23. The summed E-state index contributed by atoms with van der Waals surface area (Å²) < 4.78 is 24.9. The molecule has 0 aliphatic rings. The Labute approximate surface area is 129 Å². The molecule has 2 aromatic carbocycles. The lowest BCUT2D eigenvalue weighted by molar-refractivity contribution is 0.604. The molecule has 8 heteroatoms. The van der Waals surface area contributed by atoms with E-state index in [4.69, 9.17) is 0 Å². The van der Waals surface area contributed by atoms with E-state index in [0.717, 1.165) is 11.0 Å². The Bertz CT molecular complexity index is 1020. The molecule has 22 heavy (non-hydrogen) atoms. The summed E-state index contributed by atoms with van der Waals surface area (Å²) in [6.45, 7) is 0. The topological polar surface area (TPSA) is 91.5 Å². The molecule has 4 rings (SSSR count). The van der Waals surface area contributed by atoms with E-state index >= 15 is 0 Å². The smallest absolute Gasteiger partial charge is 0.270 e. The highest BCUT2D eigenvalue weighted by Crippen LogP contribution is 2.29. The summed E-state index contributed by atoms with van der Waals surface area (Å²) in [6, 6.07) is 14.6. The minimum atomic E-state index is -3.67. The molecule has 0 unspecified atom stereocenters. The summed E-state index contributed by atoms with van der Waals surface area (Å²) >= 11 is 0. The van der Waals surface area contributed by atoms with Crippen molar-refractivity contribution >= 4 is 41.7 Å². The van der Waals surface area contributed by atoms with Gasteiger partial charge in [-0.2, -0.15) is 0 Å².